The Kier molecular flexibility index (Phi) is 3.48. The fourth-order valence-corrected chi connectivity index (χ4v) is 2.20. The monoisotopic (exact) mass is 284 g/mol. The quantitative estimate of drug-likeness (QED) is 0.737. The summed E-state index contributed by atoms with van der Waals surface area (Å²) < 4.78 is 0. The molecule has 0 aliphatic rings. The van der Waals surface area contributed by atoms with E-state index in [0.717, 1.165) is 22.3 Å². The molecule has 1 unspecified atom stereocenters. The van der Waals surface area contributed by atoms with Crippen LogP contribution in [0.4, 0.5) is 11.6 Å². The van der Waals surface area contributed by atoms with E-state index in [4.69, 9.17) is 11.6 Å². The lowest BCUT2D eigenvalue weighted by atomic mass is 10.1. The number of benzene rings is 2. The molecule has 0 spiro atoms. The van der Waals surface area contributed by atoms with Gasteiger partial charge >= 0.3 is 0 Å². The minimum atomic E-state index is -0.0906. The van der Waals surface area contributed by atoms with Crippen LogP contribution in [-0.2, 0) is 0 Å². The van der Waals surface area contributed by atoms with Gasteiger partial charge < -0.3 is 5.32 Å². The van der Waals surface area contributed by atoms with Gasteiger partial charge in [-0.1, -0.05) is 30.3 Å². The van der Waals surface area contributed by atoms with Gasteiger partial charge in [-0.3, -0.25) is 0 Å². The molecule has 0 saturated heterocycles. The van der Waals surface area contributed by atoms with Crippen LogP contribution >= 0.6 is 11.6 Å². The molecule has 1 N–H and O–H groups in total. The molecular weight excluding hydrogens is 272 g/mol. The van der Waals surface area contributed by atoms with E-state index in [9.17, 15) is 0 Å². The summed E-state index contributed by atoms with van der Waals surface area (Å²) >= 11 is 6.17. The summed E-state index contributed by atoms with van der Waals surface area (Å²) in [6, 6.07) is 15.5. The Balaban J connectivity index is 1.97. The first-order valence-corrected chi connectivity index (χ1v) is 6.77. The maximum Gasteiger partial charge on any atom is 0.247 e. The van der Waals surface area contributed by atoms with Crippen LogP contribution in [0.1, 0.15) is 17.9 Å². The van der Waals surface area contributed by atoms with Crippen molar-refractivity contribution in [1.29, 1.82) is 0 Å². The average Bonchev–Trinajstić information content (AvgIpc) is 2.47. The number of nitrogens with one attached hydrogen (secondary N) is 1. The number of hydrogen-bond acceptors (Lipinski definition) is 4. The van der Waals surface area contributed by atoms with Gasteiger partial charge in [-0.05, 0) is 30.7 Å². The summed E-state index contributed by atoms with van der Waals surface area (Å²) in [7, 11) is 0. The lowest BCUT2D eigenvalue weighted by molar-refractivity contribution is 1.02. The number of alkyl halides is 1. The predicted octanol–water partition coefficient (Wildman–Crippen LogP) is 4.07. The third kappa shape index (κ3) is 2.56. The molecule has 0 bridgehead atoms. The standard InChI is InChI=1S/C15H13ClN4/c1-10(16)11-6-2-3-7-12(11)17-15-18-13-8-4-5-9-14(13)19-20-15/h2-10H,1H3,(H,17,18,20). The van der Waals surface area contributed by atoms with Crippen LogP contribution in [0.3, 0.4) is 0 Å². The van der Waals surface area contributed by atoms with E-state index in [1.54, 1.807) is 0 Å². The van der Waals surface area contributed by atoms with E-state index in [2.05, 4.69) is 20.5 Å². The molecule has 0 fully saturated rings. The Morgan fingerprint density at radius 2 is 1.65 bits per heavy atom. The van der Waals surface area contributed by atoms with Crippen molar-refractivity contribution < 1.29 is 0 Å². The van der Waals surface area contributed by atoms with Gasteiger partial charge in [-0.15, -0.1) is 21.8 Å². The maximum absolute atomic E-state index is 6.17. The molecule has 100 valence electrons. The van der Waals surface area contributed by atoms with Gasteiger partial charge in [-0.25, -0.2) is 4.98 Å². The molecule has 1 heterocycles. The minimum Gasteiger partial charge on any atom is -0.323 e. The van der Waals surface area contributed by atoms with E-state index in [1.165, 1.54) is 0 Å². The Labute approximate surface area is 121 Å². The molecule has 0 aliphatic carbocycles. The van der Waals surface area contributed by atoms with Crippen molar-refractivity contribution in [3.8, 4) is 0 Å². The molecule has 20 heavy (non-hydrogen) atoms. The van der Waals surface area contributed by atoms with Crippen molar-refractivity contribution in [2.75, 3.05) is 5.32 Å². The highest BCUT2D eigenvalue weighted by Gasteiger charge is 2.09. The number of aromatic nitrogens is 3. The van der Waals surface area contributed by atoms with Crippen LogP contribution in [0.2, 0.25) is 0 Å². The Bertz CT molecular complexity index is 743. The number of anilines is 2. The fraction of sp³-hybridized carbons (Fsp3) is 0.133. The van der Waals surface area contributed by atoms with Gasteiger partial charge in [0.1, 0.15) is 5.52 Å². The van der Waals surface area contributed by atoms with Gasteiger partial charge in [0.2, 0.25) is 5.95 Å². The molecule has 1 atom stereocenters. The number of para-hydroxylation sites is 2. The van der Waals surface area contributed by atoms with E-state index in [-0.39, 0.29) is 5.38 Å². The highest BCUT2D eigenvalue weighted by molar-refractivity contribution is 6.21. The van der Waals surface area contributed by atoms with Crippen molar-refractivity contribution in [3.63, 3.8) is 0 Å². The average molecular weight is 285 g/mol. The molecule has 2 aromatic carbocycles. The third-order valence-electron chi connectivity index (χ3n) is 3.00. The van der Waals surface area contributed by atoms with Crippen LogP contribution in [0.25, 0.3) is 11.0 Å². The highest BCUT2D eigenvalue weighted by atomic mass is 35.5. The lowest BCUT2D eigenvalue weighted by Gasteiger charge is -2.12. The lowest BCUT2D eigenvalue weighted by Crippen LogP contribution is -2.02. The molecule has 5 heteroatoms. The molecule has 0 amide bonds. The second kappa shape index (κ2) is 5.43. The molecule has 1 aromatic heterocycles. The van der Waals surface area contributed by atoms with Crippen LogP contribution in [0.15, 0.2) is 48.5 Å². The Morgan fingerprint density at radius 1 is 0.950 bits per heavy atom. The van der Waals surface area contributed by atoms with Crippen molar-refractivity contribution >= 4 is 34.3 Å². The summed E-state index contributed by atoms with van der Waals surface area (Å²) in [5.41, 5.74) is 3.48. The molecule has 3 rings (SSSR count). The summed E-state index contributed by atoms with van der Waals surface area (Å²) in [6.07, 6.45) is 0. The SMILES string of the molecule is CC(Cl)c1ccccc1Nc1nnc2ccccc2n1. The van der Waals surface area contributed by atoms with Gasteiger partial charge in [0.25, 0.3) is 0 Å². The summed E-state index contributed by atoms with van der Waals surface area (Å²) in [5.74, 6) is 0.466. The largest absolute Gasteiger partial charge is 0.323 e. The van der Waals surface area contributed by atoms with E-state index in [0.29, 0.717) is 5.95 Å². The predicted molar refractivity (Wildman–Crippen MR) is 81.3 cm³/mol. The Hall–Kier alpha value is -2.20. The molecule has 0 saturated carbocycles. The zero-order valence-electron chi connectivity index (χ0n) is 10.9. The Morgan fingerprint density at radius 3 is 2.45 bits per heavy atom. The second-order valence-electron chi connectivity index (χ2n) is 4.45. The van der Waals surface area contributed by atoms with Crippen LogP contribution < -0.4 is 5.32 Å². The number of fused-ring (bicyclic) bond motifs is 1. The molecule has 3 aromatic rings. The van der Waals surface area contributed by atoms with Crippen molar-refractivity contribution in [1.82, 2.24) is 15.2 Å². The smallest absolute Gasteiger partial charge is 0.247 e. The number of nitrogens with zero attached hydrogens (tertiary/aromatic N) is 3. The van der Waals surface area contributed by atoms with Gasteiger partial charge in [0.15, 0.2) is 0 Å². The van der Waals surface area contributed by atoms with E-state index < -0.39 is 0 Å². The first-order valence-electron chi connectivity index (χ1n) is 6.33. The molecule has 0 aliphatic heterocycles. The summed E-state index contributed by atoms with van der Waals surface area (Å²) in [5, 5.41) is 11.3. The maximum atomic E-state index is 6.17. The first-order chi connectivity index (χ1) is 9.74. The zero-order chi connectivity index (χ0) is 13.9. The number of hydrogen-bond donors (Lipinski definition) is 1. The van der Waals surface area contributed by atoms with Crippen molar-refractivity contribution in [3.05, 3.63) is 54.1 Å². The zero-order valence-corrected chi connectivity index (χ0v) is 11.7. The van der Waals surface area contributed by atoms with E-state index in [1.807, 2.05) is 55.5 Å². The van der Waals surface area contributed by atoms with Crippen LogP contribution in [0, 0.1) is 0 Å². The second-order valence-corrected chi connectivity index (χ2v) is 5.11. The van der Waals surface area contributed by atoms with Crippen LogP contribution in [-0.4, -0.2) is 15.2 Å². The van der Waals surface area contributed by atoms with Gasteiger partial charge in [0.05, 0.1) is 10.9 Å². The van der Waals surface area contributed by atoms with E-state index >= 15 is 0 Å². The molecular formula is C15H13ClN4. The highest BCUT2D eigenvalue weighted by Crippen LogP contribution is 2.28. The first kappa shape index (κ1) is 12.8. The fourth-order valence-electron chi connectivity index (χ4n) is 2.01. The van der Waals surface area contributed by atoms with Crippen molar-refractivity contribution in [2.24, 2.45) is 0 Å². The summed E-state index contributed by atoms with van der Waals surface area (Å²) in [6.45, 7) is 1.93. The van der Waals surface area contributed by atoms with Crippen LogP contribution in [0.5, 0.6) is 0 Å². The van der Waals surface area contributed by atoms with Crippen molar-refractivity contribution in [2.45, 2.75) is 12.3 Å². The van der Waals surface area contributed by atoms with Gasteiger partial charge in [0, 0.05) is 5.69 Å². The number of rotatable bonds is 3. The topological polar surface area (TPSA) is 50.7 Å². The number of halogens is 1. The minimum absolute atomic E-state index is 0.0906. The molecule has 4 nitrogen and oxygen atoms in total. The third-order valence-corrected chi connectivity index (χ3v) is 3.23. The van der Waals surface area contributed by atoms with Gasteiger partial charge in [-0.2, -0.15) is 0 Å². The normalized spacial score (nSPS) is 12.3. The molecule has 0 radical (unpaired) electrons. The summed E-state index contributed by atoms with van der Waals surface area (Å²) in [4.78, 5) is 4.44.